The Morgan fingerprint density at radius 1 is 1.20 bits per heavy atom. The lowest BCUT2D eigenvalue weighted by Gasteiger charge is -2.20. The molecule has 1 aliphatic heterocycles. The molecule has 2 rings (SSSR count). The Morgan fingerprint density at radius 3 is 2.55 bits per heavy atom. The third kappa shape index (κ3) is 3.13. The predicted molar refractivity (Wildman–Crippen MR) is 77.6 cm³/mol. The molecule has 0 aliphatic carbocycles. The van der Waals surface area contributed by atoms with Crippen LogP contribution in [0, 0.1) is 6.92 Å². The third-order valence-electron chi connectivity index (χ3n) is 3.30. The highest BCUT2D eigenvalue weighted by molar-refractivity contribution is 7.91. The van der Waals surface area contributed by atoms with Crippen LogP contribution in [0.1, 0.15) is 12.0 Å². The van der Waals surface area contributed by atoms with Crippen LogP contribution in [0.25, 0.3) is 0 Å². The van der Waals surface area contributed by atoms with Gasteiger partial charge in [0, 0.05) is 13.1 Å². The molecule has 1 heterocycles. The maximum atomic E-state index is 12.5. The number of sulfonamides is 1. The molecule has 0 radical (unpaired) electrons. The fraction of sp³-hybridized carbons (Fsp3) is 0.500. The summed E-state index contributed by atoms with van der Waals surface area (Å²) in [6.45, 7) is 2.01. The van der Waals surface area contributed by atoms with E-state index in [0.29, 0.717) is 6.42 Å². The SMILES string of the molecule is Cc1ccc(S(=O)(=O)N2CCCS(=O)(=O)CC2)c(N)c1. The van der Waals surface area contributed by atoms with Crippen LogP contribution < -0.4 is 5.73 Å². The summed E-state index contributed by atoms with van der Waals surface area (Å²) in [5.41, 5.74) is 6.85. The van der Waals surface area contributed by atoms with Crippen LogP contribution >= 0.6 is 0 Å². The smallest absolute Gasteiger partial charge is 0.245 e. The minimum Gasteiger partial charge on any atom is -0.398 e. The van der Waals surface area contributed by atoms with Crippen molar-refractivity contribution in [2.75, 3.05) is 30.3 Å². The number of nitrogen functional groups attached to an aromatic ring is 1. The summed E-state index contributed by atoms with van der Waals surface area (Å²) < 4.78 is 49.4. The van der Waals surface area contributed by atoms with Crippen LogP contribution in [0.3, 0.4) is 0 Å². The van der Waals surface area contributed by atoms with E-state index in [4.69, 9.17) is 5.73 Å². The molecule has 20 heavy (non-hydrogen) atoms. The van der Waals surface area contributed by atoms with E-state index in [-0.39, 0.29) is 35.2 Å². The number of rotatable bonds is 2. The highest BCUT2D eigenvalue weighted by Gasteiger charge is 2.30. The van der Waals surface area contributed by atoms with Crippen molar-refractivity contribution >= 4 is 25.5 Å². The number of nitrogens with two attached hydrogens (primary N) is 1. The van der Waals surface area contributed by atoms with Gasteiger partial charge in [-0.2, -0.15) is 4.31 Å². The number of anilines is 1. The summed E-state index contributed by atoms with van der Waals surface area (Å²) in [5.74, 6) is -0.111. The van der Waals surface area contributed by atoms with Gasteiger partial charge in [0.15, 0.2) is 9.84 Å². The Morgan fingerprint density at radius 2 is 1.90 bits per heavy atom. The van der Waals surface area contributed by atoms with E-state index in [9.17, 15) is 16.8 Å². The van der Waals surface area contributed by atoms with Gasteiger partial charge in [-0.3, -0.25) is 0 Å². The predicted octanol–water partition coefficient (Wildman–Crippen LogP) is 0.386. The fourth-order valence-electron chi connectivity index (χ4n) is 2.20. The second-order valence-corrected chi connectivity index (χ2v) is 9.16. The van der Waals surface area contributed by atoms with Gasteiger partial charge >= 0.3 is 0 Å². The van der Waals surface area contributed by atoms with Gasteiger partial charge in [0.25, 0.3) is 0 Å². The van der Waals surface area contributed by atoms with Gasteiger partial charge in [0.2, 0.25) is 10.0 Å². The largest absolute Gasteiger partial charge is 0.398 e. The summed E-state index contributed by atoms with van der Waals surface area (Å²) in [6, 6.07) is 4.75. The fourth-order valence-corrected chi connectivity index (χ4v) is 5.16. The van der Waals surface area contributed by atoms with E-state index in [1.807, 2.05) is 6.92 Å². The van der Waals surface area contributed by atoms with Gasteiger partial charge in [0.1, 0.15) is 4.90 Å². The molecular weight excluding hydrogens is 300 g/mol. The molecule has 112 valence electrons. The van der Waals surface area contributed by atoms with Crippen LogP contribution in [-0.2, 0) is 19.9 Å². The molecule has 0 bridgehead atoms. The van der Waals surface area contributed by atoms with Gasteiger partial charge in [-0.1, -0.05) is 6.07 Å². The molecule has 0 unspecified atom stereocenters. The zero-order valence-corrected chi connectivity index (χ0v) is 12.9. The molecule has 0 saturated carbocycles. The van der Waals surface area contributed by atoms with Crippen molar-refractivity contribution in [3.63, 3.8) is 0 Å². The highest BCUT2D eigenvalue weighted by Crippen LogP contribution is 2.24. The molecule has 0 atom stereocenters. The van der Waals surface area contributed by atoms with Crippen LogP contribution in [0.5, 0.6) is 0 Å². The lowest BCUT2D eigenvalue weighted by molar-refractivity contribution is 0.435. The van der Waals surface area contributed by atoms with Crippen molar-refractivity contribution in [1.29, 1.82) is 0 Å². The van der Waals surface area contributed by atoms with Gasteiger partial charge in [-0.15, -0.1) is 0 Å². The standard InChI is InChI=1S/C12H18N2O4S2/c1-10-3-4-12(11(13)9-10)20(17,18)14-5-2-7-19(15,16)8-6-14/h3-4,9H,2,5-8,13H2,1H3. The highest BCUT2D eigenvalue weighted by atomic mass is 32.2. The number of aryl methyl sites for hydroxylation is 1. The van der Waals surface area contributed by atoms with Gasteiger partial charge < -0.3 is 5.73 Å². The summed E-state index contributed by atoms with van der Waals surface area (Å²) >= 11 is 0. The van der Waals surface area contributed by atoms with Crippen LogP contribution in [0.2, 0.25) is 0 Å². The van der Waals surface area contributed by atoms with E-state index in [1.165, 1.54) is 10.4 Å². The summed E-state index contributed by atoms with van der Waals surface area (Å²) in [4.78, 5) is 0.0439. The first-order valence-corrected chi connectivity index (χ1v) is 9.55. The second-order valence-electron chi connectivity index (χ2n) is 4.95. The molecule has 1 aromatic carbocycles. The number of benzene rings is 1. The van der Waals surface area contributed by atoms with E-state index in [2.05, 4.69) is 0 Å². The molecule has 0 amide bonds. The van der Waals surface area contributed by atoms with Gasteiger partial charge in [-0.05, 0) is 31.0 Å². The Hall–Kier alpha value is -1.12. The van der Waals surface area contributed by atoms with Gasteiger partial charge in [0.05, 0.1) is 17.2 Å². The van der Waals surface area contributed by atoms with Crippen molar-refractivity contribution in [3.8, 4) is 0 Å². The van der Waals surface area contributed by atoms with Crippen molar-refractivity contribution in [2.24, 2.45) is 0 Å². The third-order valence-corrected chi connectivity index (χ3v) is 6.99. The maximum Gasteiger partial charge on any atom is 0.245 e. The lowest BCUT2D eigenvalue weighted by Crippen LogP contribution is -2.34. The Bertz CT molecular complexity index is 711. The summed E-state index contributed by atoms with van der Waals surface area (Å²) in [6.07, 6.45) is 0.313. The van der Waals surface area contributed by atoms with E-state index >= 15 is 0 Å². The number of hydrogen-bond donors (Lipinski definition) is 1. The minimum atomic E-state index is -3.74. The minimum absolute atomic E-state index is 0.0159. The lowest BCUT2D eigenvalue weighted by atomic mass is 10.2. The molecule has 1 fully saturated rings. The van der Waals surface area contributed by atoms with Gasteiger partial charge in [-0.25, -0.2) is 16.8 Å². The average molecular weight is 318 g/mol. The van der Waals surface area contributed by atoms with Crippen molar-refractivity contribution < 1.29 is 16.8 Å². The van der Waals surface area contributed by atoms with Crippen molar-refractivity contribution in [2.45, 2.75) is 18.2 Å². The maximum absolute atomic E-state index is 12.5. The topological polar surface area (TPSA) is 97.5 Å². The molecule has 6 nitrogen and oxygen atoms in total. The van der Waals surface area contributed by atoms with Crippen LogP contribution in [0.15, 0.2) is 23.1 Å². The Labute approximate surface area is 119 Å². The zero-order chi connectivity index (χ0) is 15.0. The van der Waals surface area contributed by atoms with Crippen LogP contribution in [-0.4, -0.2) is 45.7 Å². The second kappa shape index (κ2) is 5.34. The number of sulfone groups is 1. The molecule has 2 N–H and O–H groups in total. The molecular formula is C12H18N2O4S2. The van der Waals surface area contributed by atoms with Crippen molar-refractivity contribution in [3.05, 3.63) is 23.8 Å². The molecule has 1 aromatic rings. The van der Waals surface area contributed by atoms with E-state index < -0.39 is 19.9 Å². The Kier molecular flexibility index (Phi) is 4.08. The number of nitrogens with zero attached hydrogens (tertiary/aromatic N) is 1. The first-order chi connectivity index (χ1) is 9.22. The first-order valence-electron chi connectivity index (χ1n) is 6.29. The quantitative estimate of drug-likeness (QED) is 0.795. The average Bonchev–Trinajstić information content (AvgIpc) is 2.50. The molecule has 1 aliphatic rings. The molecule has 0 aromatic heterocycles. The molecule has 8 heteroatoms. The molecule has 1 saturated heterocycles. The summed E-state index contributed by atoms with van der Waals surface area (Å²) in [5, 5.41) is 0. The Balaban J connectivity index is 2.35. The monoisotopic (exact) mass is 318 g/mol. The zero-order valence-electron chi connectivity index (χ0n) is 11.2. The summed E-state index contributed by atoms with van der Waals surface area (Å²) in [7, 11) is -6.89. The normalized spacial score (nSPS) is 20.4. The first kappa shape index (κ1) is 15.3. The van der Waals surface area contributed by atoms with E-state index in [1.54, 1.807) is 12.1 Å². The van der Waals surface area contributed by atoms with Crippen molar-refractivity contribution in [1.82, 2.24) is 4.31 Å². The van der Waals surface area contributed by atoms with E-state index in [0.717, 1.165) is 5.56 Å². The molecule has 0 spiro atoms. The number of hydrogen-bond acceptors (Lipinski definition) is 5. The van der Waals surface area contributed by atoms with Crippen LogP contribution in [0.4, 0.5) is 5.69 Å².